The maximum atomic E-state index is 5.90. The van der Waals surface area contributed by atoms with Gasteiger partial charge >= 0.3 is 0 Å². The predicted molar refractivity (Wildman–Crippen MR) is 44.6 cm³/mol. The van der Waals surface area contributed by atoms with Crippen LogP contribution in [-0.4, -0.2) is 18.6 Å². The van der Waals surface area contributed by atoms with E-state index in [0.29, 0.717) is 13.1 Å². The fraction of sp³-hybridized carbons (Fsp3) is 1.00. The maximum absolute atomic E-state index is 5.90. The number of rotatable bonds is 5. The molecule has 0 heterocycles. The summed E-state index contributed by atoms with van der Waals surface area (Å²) in [5.74, 6) is 0. The Morgan fingerprint density at radius 3 is 2.20 bits per heavy atom. The Bertz CT molecular complexity index is 78.9. The third-order valence-electron chi connectivity index (χ3n) is 1.99. The van der Waals surface area contributed by atoms with Crippen molar-refractivity contribution >= 4 is 0 Å². The van der Waals surface area contributed by atoms with E-state index in [1.165, 1.54) is 0 Å². The molecule has 10 heavy (non-hydrogen) atoms. The molecule has 0 rings (SSSR count). The molecular weight excluding hydrogens is 126 g/mol. The minimum Gasteiger partial charge on any atom is -0.330 e. The van der Waals surface area contributed by atoms with Crippen LogP contribution in [0.15, 0.2) is 0 Å². The molecule has 0 fully saturated rings. The van der Waals surface area contributed by atoms with Crippen molar-refractivity contribution in [2.45, 2.75) is 31.7 Å². The second kappa shape index (κ2) is 4.66. The summed E-state index contributed by atoms with van der Waals surface area (Å²) in [4.78, 5) is 0. The molecule has 1 atom stereocenters. The van der Waals surface area contributed by atoms with Crippen molar-refractivity contribution in [2.24, 2.45) is 17.2 Å². The Morgan fingerprint density at radius 2 is 1.90 bits per heavy atom. The highest BCUT2D eigenvalue weighted by Gasteiger charge is 2.18. The maximum Gasteiger partial charge on any atom is 0.0276 e. The molecule has 6 N–H and O–H groups in total. The molecule has 0 aromatic carbocycles. The lowest BCUT2D eigenvalue weighted by Gasteiger charge is -2.25. The van der Waals surface area contributed by atoms with Crippen molar-refractivity contribution in [1.29, 1.82) is 0 Å². The second-order valence-electron chi connectivity index (χ2n) is 2.81. The fourth-order valence-electron chi connectivity index (χ4n) is 0.877. The summed E-state index contributed by atoms with van der Waals surface area (Å²) in [6.07, 6.45) is 2.85. The van der Waals surface area contributed by atoms with E-state index in [1.54, 1.807) is 0 Å². The van der Waals surface area contributed by atoms with Gasteiger partial charge in [0.2, 0.25) is 0 Å². The highest BCUT2D eigenvalue weighted by Crippen LogP contribution is 2.10. The molecule has 0 amide bonds. The standard InChI is InChI=1S/C7H19N3/c1-2-7(10,6-9)4-3-5-8/h2-6,8-10H2,1H3. The Labute approximate surface area is 62.9 Å². The molecule has 3 nitrogen and oxygen atoms in total. The van der Waals surface area contributed by atoms with Crippen molar-refractivity contribution in [3.8, 4) is 0 Å². The molecular formula is C7H19N3. The molecule has 0 aromatic heterocycles. The lowest BCUT2D eigenvalue weighted by molar-refractivity contribution is 0.381. The van der Waals surface area contributed by atoms with E-state index < -0.39 is 0 Å². The molecule has 0 saturated carbocycles. The molecule has 0 aliphatic rings. The molecule has 0 aliphatic carbocycles. The van der Waals surface area contributed by atoms with Crippen LogP contribution < -0.4 is 17.2 Å². The van der Waals surface area contributed by atoms with Gasteiger partial charge in [-0.3, -0.25) is 0 Å². The van der Waals surface area contributed by atoms with E-state index in [-0.39, 0.29) is 5.54 Å². The van der Waals surface area contributed by atoms with Crippen LogP contribution in [0.5, 0.6) is 0 Å². The zero-order valence-corrected chi connectivity index (χ0v) is 6.77. The summed E-state index contributed by atoms with van der Waals surface area (Å²) in [5.41, 5.74) is 16.6. The lowest BCUT2D eigenvalue weighted by atomic mass is 9.92. The number of hydrogen-bond donors (Lipinski definition) is 3. The second-order valence-corrected chi connectivity index (χ2v) is 2.81. The zero-order chi connectivity index (χ0) is 8.04. The van der Waals surface area contributed by atoms with Crippen LogP contribution in [0.3, 0.4) is 0 Å². The smallest absolute Gasteiger partial charge is 0.0276 e. The van der Waals surface area contributed by atoms with E-state index in [1.807, 2.05) is 0 Å². The van der Waals surface area contributed by atoms with Gasteiger partial charge in [-0.1, -0.05) is 6.92 Å². The average molecular weight is 145 g/mol. The van der Waals surface area contributed by atoms with E-state index >= 15 is 0 Å². The molecule has 0 aromatic rings. The van der Waals surface area contributed by atoms with E-state index in [9.17, 15) is 0 Å². The summed E-state index contributed by atoms with van der Waals surface area (Å²) >= 11 is 0. The quantitative estimate of drug-likeness (QED) is 0.501. The van der Waals surface area contributed by atoms with E-state index in [0.717, 1.165) is 19.3 Å². The summed E-state index contributed by atoms with van der Waals surface area (Å²) in [6, 6.07) is 0. The van der Waals surface area contributed by atoms with Gasteiger partial charge in [0.1, 0.15) is 0 Å². The van der Waals surface area contributed by atoms with E-state index in [2.05, 4.69) is 6.92 Å². The van der Waals surface area contributed by atoms with Crippen LogP contribution in [0.4, 0.5) is 0 Å². The number of hydrogen-bond acceptors (Lipinski definition) is 3. The van der Waals surface area contributed by atoms with Crippen molar-refractivity contribution in [2.75, 3.05) is 13.1 Å². The first kappa shape index (κ1) is 9.88. The predicted octanol–water partition coefficient (Wildman–Crippen LogP) is -0.208. The highest BCUT2D eigenvalue weighted by molar-refractivity contribution is 4.83. The van der Waals surface area contributed by atoms with Crippen LogP contribution in [0, 0.1) is 0 Å². The summed E-state index contributed by atoms with van der Waals surface area (Å²) in [7, 11) is 0. The molecule has 62 valence electrons. The van der Waals surface area contributed by atoms with Gasteiger partial charge in [-0.2, -0.15) is 0 Å². The molecule has 1 unspecified atom stereocenters. The van der Waals surface area contributed by atoms with Gasteiger partial charge in [-0.05, 0) is 25.8 Å². The number of nitrogens with two attached hydrogens (primary N) is 3. The largest absolute Gasteiger partial charge is 0.330 e. The lowest BCUT2D eigenvalue weighted by Crippen LogP contribution is -2.46. The highest BCUT2D eigenvalue weighted by atomic mass is 14.8. The van der Waals surface area contributed by atoms with E-state index in [4.69, 9.17) is 17.2 Å². The molecule has 0 spiro atoms. The molecule has 0 bridgehead atoms. The van der Waals surface area contributed by atoms with Crippen LogP contribution in [0.25, 0.3) is 0 Å². The first-order chi connectivity index (χ1) is 4.68. The van der Waals surface area contributed by atoms with Crippen LogP contribution in [-0.2, 0) is 0 Å². The van der Waals surface area contributed by atoms with Gasteiger partial charge in [-0.15, -0.1) is 0 Å². The first-order valence-corrected chi connectivity index (χ1v) is 3.87. The average Bonchev–Trinajstić information content (AvgIpc) is 2.00. The topological polar surface area (TPSA) is 78.1 Å². The Morgan fingerprint density at radius 1 is 1.30 bits per heavy atom. The van der Waals surface area contributed by atoms with Crippen LogP contribution >= 0.6 is 0 Å². The monoisotopic (exact) mass is 145 g/mol. The Balaban J connectivity index is 3.58. The SMILES string of the molecule is CCC(N)(CN)CCCN. The first-order valence-electron chi connectivity index (χ1n) is 3.87. The van der Waals surface area contributed by atoms with Crippen LogP contribution in [0.2, 0.25) is 0 Å². The summed E-state index contributed by atoms with van der Waals surface area (Å²) in [6.45, 7) is 3.33. The molecule has 0 saturated heterocycles. The summed E-state index contributed by atoms with van der Waals surface area (Å²) in [5, 5.41) is 0. The fourth-order valence-corrected chi connectivity index (χ4v) is 0.877. The molecule has 0 aliphatic heterocycles. The molecule has 0 radical (unpaired) electrons. The van der Waals surface area contributed by atoms with Gasteiger partial charge in [0, 0.05) is 12.1 Å². The molecule has 3 heteroatoms. The van der Waals surface area contributed by atoms with Crippen molar-refractivity contribution in [3.63, 3.8) is 0 Å². The van der Waals surface area contributed by atoms with Crippen molar-refractivity contribution < 1.29 is 0 Å². The normalized spacial score (nSPS) is 16.8. The third-order valence-corrected chi connectivity index (χ3v) is 1.99. The van der Waals surface area contributed by atoms with Gasteiger partial charge < -0.3 is 17.2 Å². The van der Waals surface area contributed by atoms with Gasteiger partial charge in [0.15, 0.2) is 0 Å². The van der Waals surface area contributed by atoms with Gasteiger partial charge in [0.25, 0.3) is 0 Å². The zero-order valence-electron chi connectivity index (χ0n) is 6.77. The Kier molecular flexibility index (Phi) is 4.60. The summed E-state index contributed by atoms with van der Waals surface area (Å²) < 4.78 is 0. The minimum atomic E-state index is -0.167. The van der Waals surface area contributed by atoms with Gasteiger partial charge in [-0.25, -0.2) is 0 Å². The van der Waals surface area contributed by atoms with Crippen LogP contribution in [0.1, 0.15) is 26.2 Å². The third kappa shape index (κ3) is 3.15. The van der Waals surface area contributed by atoms with Gasteiger partial charge in [0.05, 0.1) is 0 Å². The van der Waals surface area contributed by atoms with Crippen molar-refractivity contribution in [1.82, 2.24) is 0 Å². The Hall–Kier alpha value is -0.120. The minimum absolute atomic E-state index is 0.167. The van der Waals surface area contributed by atoms with Crippen molar-refractivity contribution in [3.05, 3.63) is 0 Å².